The third-order valence-corrected chi connectivity index (χ3v) is 5.90. The topological polar surface area (TPSA) is 51.1 Å². The van der Waals surface area contributed by atoms with Gasteiger partial charge in [-0.3, -0.25) is 4.79 Å². The highest BCUT2D eigenvalue weighted by atomic mass is 16.5. The van der Waals surface area contributed by atoms with E-state index in [1.54, 1.807) is 0 Å². The van der Waals surface area contributed by atoms with Gasteiger partial charge in [-0.15, -0.1) is 0 Å². The van der Waals surface area contributed by atoms with Gasteiger partial charge in [0.2, 0.25) is 0 Å². The van der Waals surface area contributed by atoms with Gasteiger partial charge in [0.05, 0.1) is 18.8 Å². The van der Waals surface area contributed by atoms with Crippen LogP contribution in [0.15, 0.2) is 53.5 Å². The molecule has 0 saturated carbocycles. The fourth-order valence-corrected chi connectivity index (χ4v) is 4.40. The summed E-state index contributed by atoms with van der Waals surface area (Å²) in [7, 11) is 0. The van der Waals surface area contributed by atoms with E-state index in [4.69, 9.17) is 9.47 Å². The molecule has 1 fully saturated rings. The van der Waals surface area contributed by atoms with E-state index < -0.39 is 0 Å². The Labute approximate surface area is 158 Å². The number of carbonyl (C=O) groups excluding carboxylic acids is 1. The molecule has 2 aromatic rings. The van der Waals surface area contributed by atoms with Crippen LogP contribution in [0.2, 0.25) is 0 Å². The molecule has 1 spiro atoms. The average Bonchev–Trinajstić information content (AvgIpc) is 3.05. The minimum Gasteiger partial charge on any atom is -0.464 e. The zero-order valence-electron chi connectivity index (χ0n) is 15.2. The van der Waals surface area contributed by atoms with Crippen LogP contribution in [0, 0.1) is 0 Å². The van der Waals surface area contributed by atoms with Crippen LogP contribution in [0.3, 0.4) is 0 Å². The predicted molar refractivity (Wildman–Crippen MR) is 102 cm³/mol. The smallest absolute Gasteiger partial charge is 0.295 e. The van der Waals surface area contributed by atoms with Crippen molar-refractivity contribution in [2.24, 2.45) is 4.99 Å². The lowest BCUT2D eigenvalue weighted by molar-refractivity contribution is -0.0727. The zero-order chi connectivity index (χ0) is 18.3. The van der Waals surface area contributed by atoms with Gasteiger partial charge >= 0.3 is 0 Å². The van der Waals surface area contributed by atoms with Crippen molar-refractivity contribution in [2.75, 3.05) is 19.7 Å². The third-order valence-electron chi connectivity index (χ3n) is 5.90. The molecule has 0 atom stereocenters. The Hall–Kier alpha value is -2.66. The second-order valence-electron chi connectivity index (χ2n) is 7.38. The van der Waals surface area contributed by atoms with Crippen LogP contribution in [0.1, 0.15) is 39.9 Å². The number of nitrogens with zero attached hydrogens (tertiary/aromatic N) is 2. The largest absolute Gasteiger partial charge is 0.464 e. The van der Waals surface area contributed by atoms with Gasteiger partial charge in [0.1, 0.15) is 0 Å². The van der Waals surface area contributed by atoms with Gasteiger partial charge in [-0.05, 0) is 35.6 Å². The summed E-state index contributed by atoms with van der Waals surface area (Å²) in [6, 6.07) is 16.6. The molecular formula is C22H22N2O3. The number of ether oxygens (including phenoxy) is 2. The number of likely N-dealkylation sites (tertiary alicyclic amines) is 1. The van der Waals surface area contributed by atoms with Crippen LogP contribution in [-0.4, -0.2) is 36.5 Å². The van der Waals surface area contributed by atoms with Crippen molar-refractivity contribution in [2.45, 2.75) is 31.5 Å². The minimum absolute atomic E-state index is 0.202. The van der Waals surface area contributed by atoms with Crippen molar-refractivity contribution in [1.82, 2.24) is 4.90 Å². The summed E-state index contributed by atoms with van der Waals surface area (Å²) >= 11 is 0. The van der Waals surface area contributed by atoms with Gasteiger partial charge in [0.15, 0.2) is 0 Å². The van der Waals surface area contributed by atoms with Crippen LogP contribution in [0.25, 0.3) is 0 Å². The first-order valence-corrected chi connectivity index (χ1v) is 9.56. The third kappa shape index (κ3) is 2.82. The van der Waals surface area contributed by atoms with E-state index in [9.17, 15) is 4.79 Å². The summed E-state index contributed by atoms with van der Waals surface area (Å²) in [6.45, 7) is 2.75. The second kappa shape index (κ2) is 6.50. The maximum atomic E-state index is 12.6. The fraction of sp³-hybridized carbons (Fsp3) is 0.364. The molecule has 27 heavy (non-hydrogen) atoms. The van der Waals surface area contributed by atoms with Crippen LogP contribution in [0.5, 0.6) is 0 Å². The van der Waals surface area contributed by atoms with Crippen molar-refractivity contribution in [3.63, 3.8) is 0 Å². The quantitative estimate of drug-likeness (QED) is 0.722. The maximum absolute atomic E-state index is 12.6. The van der Waals surface area contributed by atoms with Gasteiger partial charge < -0.3 is 14.4 Å². The van der Waals surface area contributed by atoms with E-state index in [0.717, 1.165) is 37.9 Å². The van der Waals surface area contributed by atoms with E-state index in [2.05, 4.69) is 34.2 Å². The number of hydrogen-bond donors (Lipinski definition) is 0. The number of hydrogen-bond acceptors (Lipinski definition) is 4. The molecule has 5 nitrogen and oxygen atoms in total. The molecule has 2 aromatic carbocycles. The molecule has 0 bridgehead atoms. The second-order valence-corrected chi connectivity index (χ2v) is 7.38. The number of piperidine rings is 1. The number of fused-ring (bicyclic) bond motifs is 3. The first kappa shape index (κ1) is 16.5. The molecule has 138 valence electrons. The molecule has 3 heterocycles. The Balaban J connectivity index is 1.36. The zero-order valence-corrected chi connectivity index (χ0v) is 15.2. The summed E-state index contributed by atoms with van der Waals surface area (Å²) in [5, 5.41) is 0. The molecule has 1 saturated heterocycles. The number of amidine groups is 1. The number of carbonyl (C=O) groups is 1. The Kier molecular flexibility index (Phi) is 3.97. The molecule has 5 heteroatoms. The summed E-state index contributed by atoms with van der Waals surface area (Å²) in [5.41, 5.74) is 4.08. The SMILES string of the molecule is O=C1N=C(N2CCC3(CC2)OCc2ccccc23)OCCc2ccccc21. The minimum atomic E-state index is -0.219. The fourth-order valence-electron chi connectivity index (χ4n) is 4.40. The van der Waals surface area contributed by atoms with Gasteiger partial charge in [-0.1, -0.05) is 42.5 Å². The molecule has 3 aliphatic rings. The predicted octanol–water partition coefficient (Wildman–Crippen LogP) is 3.28. The van der Waals surface area contributed by atoms with E-state index in [0.29, 0.717) is 24.8 Å². The Morgan fingerprint density at radius 3 is 2.56 bits per heavy atom. The van der Waals surface area contributed by atoms with Crippen LogP contribution in [-0.2, 0) is 28.1 Å². The van der Waals surface area contributed by atoms with Crippen molar-refractivity contribution < 1.29 is 14.3 Å². The first-order chi connectivity index (χ1) is 13.3. The number of rotatable bonds is 0. The standard InChI is InChI=1S/C22H22N2O3/c25-20-18-7-3-1-5-16(18)9-14-26-21(23-20)24-12-10-22(11-13-24)19-8-4-2-6-17(19)15-27-22/h1-8H,9-15H2. The van der Waals surface area contributed by atoms with Gasteiger partial charge in [-0.25, -0.2) is 0 Å². The first-order valence-electron chi connectivity index (χ1n) is 9.56. The van der Waals surface area contributed by atoms with Crippen molar-refractivity contribution in [3.05, 3.63) is 70.8 Å². The van der Waals surface area contributed by atoms with Crippen LogP contribution < -0.4 is 0 Å². The molecule has 0 radical (unpaired) electrons. The van der Waals surface area contributed by atoms with Crippen molar-refractivity contribution in [1.29, 1.82) is 0 Å². The number of benzene rings is 2. The molecule has 0 N–H and O–H groups in total. The molecule has 0 aromatic heterocycles. The summed E-state index contributed by atoms with van der Waals surface area (Å²) in [4.78, 5) is 19.0. The lowest BCUT2D eigenvalue weighted by Gasteiger charge is -2.40. The Morgan fingerprint density at radius 2 is 1.70 bits per heavy atom. The van der Waals surface area contributed by atoms with E-state index in [1.807, 2.05) is 24.3 Å². The molecule has 5 rings (SSSR count). The van der Waals surface area contributed by atoms with E-state index in [-0.39, 0.29) is 11.5 Å². The van der Waals surface area contributed by atoms with Crippen LogP contribution in [0.4, 0.5) is 0 Å². The van der Waals surface area contributed by atoms with Gasteiger partial charge in [0, 0.05) is 25.1 Å². The Morgan fingerprint density at radius 1 is 0.963 bits per heavy atom. The molecule has 3 aliphatic heterocycles. The summed E-state index contributed by atoms with van der Waals surface area (Å²) < 4.78 is 12.1. The van der Waals surface area contributed by atoms with E-state index >= 15 is 0 Å². The average molecular weight is 362 g/mol. The van der Waals surface area contributed by atoms with Gasteiger partial charge in [0.25, 0.3) is 11.9 Å². The number of amides is 1. The molecule has 0 aliphatic carbocycles. The van der Waals surface area contributed by atoms with Crippen molar-refractivity contribution in [3.8, 4) is 0 Å². The lowest BCUT2D eigenvalue weighted by Crippen LogP contribution is -2.46. The van der Waals surface area contributed by atoms with E-state index in [1.165, 1.54) is 11.1 Å². The normalized spacial score (nSPS) is 21.0. The Bertz CT molecular complexity index is 913. The van der Waals surface area contributed by atoms with Crippen LogP contribution >= 0.6 is 0 Å². The summed E-state index contributed by atoms with van der Waals surface area (Å²) in [5.74, 6) is -0.219. The summed E-state index contributed by atoms with van der Waals surface area (Å²) in [6.07, 6.45) is 2.46. The monoisotopic (exact) mass is 362 g/mol. The maximum Gasteiger partial charge on any atom is 0.295 e. The number of aliphatic imine (C=N–C) groups is 1. The molecule has 1 amide bonds. The highest BCUT2D eigenvalue weighted by Gasteiger charge is 2.43. The highest BCUT2D eigenvalue weighted by molar-refractivity contribution is 6.02. The molecular weight excluding hydrogens is 340 g/mol. The molecule has 0 unspecified atom stereocenters. The highest BCUT2D eigenvalue weighted by Crippen LogP contribution is 2.44. The van der Waals surface area contributed by atoms with Gasteiger partial charge in [-0.2, -0.15) is 4.99 Å². The lowest BCUT2D eigenvalue weighted by atomic mass is 9.84. The van der Waals surface area contributed by atoms with Crippen molar-refractivity contribution >= 4 is 11.9 Å².